The molecule has 10 heteroatoms. The van der Waals surface area contributed by atoms with Crippen LogP contribution in [0, 0.1) is 5.82 Å². The van der Waals surface area contributed by atoms with E-state index < -0.39 is 5.97 Å². The highest BCUT2D eigenvalue weighted by molar-refractivity contribution is 8.01. The lowest BCUT2D eigenvalue weighted by Crippen LogP contribution is -2.38. The summed E-state index contributed by atoms with van der Waals surface area (Å²) < 4.78 is 15.0. The first kappa shape index (κ1) is 20.9. The summed E-state index contributed by atoms with van der Waals surface area (Å²) in [6.07, 6.45) is 3.77. The summed E-state index contributed by atoms with van der Waals surface area (Å²) >= 11 is 8.27. The molecule has 0 bridgehead atoms. The Hall–Kier alpha value is -1.84. The number of benzene rings is 1. The van der Waals surface area contributed by atoms with Gasteiger partial charge in [0.1, 0.15) is 5.82 Å². The maximum absolute atomic E-state index is 14.3. The summed E-state index contributed by atoms with van der Waals surface area (Å²) in [6, 6.07) is 4.72. The van der Waals surface area contributed by atoms with Gasteiger partial charge in [0, 0.05) is 13.1 Å². The summed E-state index contributed by atoms with van der Waals surface area (Å²) in [4.78, 5) is 28.9. The van der Waals surface area contributed by atoms with Crippen LogP contribution in [0.5, 0.6) is 0 Å². The number of hydrogen-bond acceptors (Lipinski definition) is 5. The van der Waals surface area contributed by atoms with Gasteiger partial charge in [-0.2, -0.15) is 0 Å². The molecule has 0 saturated heterocycles. The van der Waals surface area contributed by atoms with E-state index in [-0.39, 0.29) is 34.6 Å². The van der Waals surface area contributed by atoms with Crippen LogP contribution in [0.3, 0.4) is 0 Å². The van der Waals surface area contributed by atoms with E-state index >= 15 is 0 Å². The van der Waals surface area contributed by atoms with Crippen molar-refractivity contribution < 1.29 is 19.1 Å². The average Bonchev–Trinajstić information content (AvgIpc) is 3.31. The summed E-state index contributed by atoms with van der Waals surface area (Å²) in [5.41, 5.74) is 0.601. The molecule has 2 aromatic rings. The minimum absolute atomic E-state index is 0.0100. The van der Waals surface area contributed by atoms with Gasteiger partial charge in [-0.25, -0.2) is 14.2 Å². The van der Waals surface area contributed by atoms with Gasteiger partial charge in [-0.1, -0.05) is 35.1 Å². The molecule has 2 amide bonds. The number of amides is 2. The third-order valence-corrected chi connectivity index (χ3v) is 7.11. The predicted octanol–water partition coefficient (Wildman–Crippen LogP) is 4.91. The number of aromatic nitrogens is 1. The number of carbonyl (C=O) groups excluding carboxylic acids is 1. The Morgan fingerprint density at radius 1 is 1.46 bits per heavy atom. The van der Waals surface area contributed by atoms with E-state index in [1.54, 1.807) is 30.3 Å². The molecule has 0 aliphatic heterocycles. The van der Waals surface area contributed by atoms with Crippen molar-refractivity contribution in [2.75, 3.05) is 18.1 Å². The molecule has 0 spiro atoms. The fourth-order valence-corrected chi connectivity index (χ4v) is 5.05. The van der Waals surface area contributed by atoms with E-state index in [1.165, 1.54) is 17.4 Å². The largest absolute Gasteiger partial charge is 0.481 e. The second-order valence-corrected chi connectivity index (χ2v) is 9.23. The van der Waals surface area contributed by atoms with Crippen LogP contribution < -0.4 is 5.32 Å². The van der Waals surface area contributed by atoms with Crippen LogP contribution >= 0.6 is 34.7 Å². The number of thioether (sulfide) groups is 1. The summed E-state index contributed by atoms with van der Waals surface area (Å²) in [5, 5.41) is 12.0. The molecule has 1 aromatic heterocycles. The van der Waals surface area contributed by atoms with Crippen LogP contribution in [0.4, 0.5) is 14.3 Å². The Morgan fingerprint density at radius 2 is 2.25 bits per heavy atom. The van der Waals surface area contributed by atoms with E-state index in [4.69, 9.17) is 16.7 Å². The summed E-state index contributed by atoms with van der Waals surface area (Å²) in [7, 11) is 1.71. The molecular formula is C18H19ClFN3O3S2. The Bertz CT molecular complexity index is 880. The smallest absolute Gasteiger partial charge is 0.323 e. The molecule has 6 nitrogen and oxygen atoms in total. The van der Waals surface area contributed by atoms with Gasteiger partial charge in [0.2, 0.25) is 0 Å². The monoisotopic (exact) mass is 443 g/mol. The van der Waals surface area contributed by atoms with Crippen LogP contribution in [0.1, 0.15) is 30.7 Å². The zero-order valence-corrected chi connectivity index (χ0v) is 17.4. The highest BCUT2D eigenvalue weighted by Crippen LogP contribution is 2.39. The first-order valence-electron chi connectivity index (χ1n) is 8.63. The highest BCUT2D eigenvalue weighted by atomic mass is 35.5. The number of nitrogens with zero attached hydrogens (tertiary/aromatic N) is 2. The van der Waals surface area contributed by atoms with Crippen molar-refractivity contribution in [1.82, 2.24) is 9.88 Å². The van der Waals surface area contributed by atoms with E-state index in [1.807, 2.05) is 0 Å². The maximum Gasteiger partial charge on any atom is 0.323 e. The lowest BCUT2D eigenvalue weighted by Gasteiger charge is -2.24. The zero-order chi connectivity index (χ0) is 20.3. The van der Waals surface area contributed by atoms with Crippen molar-refractivity contribution >= 4 is 51.8 Å². The lowest BCUT2D eigenvalue weighted by atomic mass is 9.97. The van der Waals surface area contributed by atoms with Crippen molar-refractivity contribution in [2.24, 2.45) is 0 Å². The van der Waals surface area contributed by atoms with E-state index in [0.717, 1.165) is 28.8 Å². The quantitative estimate of drug-likeness (QED) is 0.619. The van der Waals surface area contributed by atoms with Crippen molar-refractivity contribution in [3.05, 3.63) is 40.8 Å². The van der Waals surface area contributed by atoms with Crippen LogP contribution in [-0.2, 0) is 4.79 Å². The van der Waals surface area contributed by atoms with Gasteiger partial charge in [0.05, 0.1) is 21.2 Å². The molecule has 2 atom stereocenters. The van der Waals surface area contributed by atoms with Gasteiger partial charge in [-0.05, 0) is 36.8 Å². The van der Waals surface area contributed by atoms with Gasteiger partial charge in [0.15, 0.2) is 5.13 Å². The number of carboxylic acid groups (broad SMARTS) is 1. The second-order valence-electron chi connectivity index (χ2n) is 6.51. The fraction of sp³-hybridized carbons (Fsp3) is 0.389. The molecule has 28 heavy (non-hydrogen) atoms. The minimum Gasteiger partial charge on any atom is -0.481 e. The van der Waals surface area contributed by atoms with Crippen molar-refractivity contribution in [1.29, 1.82) is 0 Å². The molecule has 1 fully saturated rings. The second kappa shape index (κ2) is 9.11. The number of thiazole rings is 1. The maximum atomic E-state index is 14.3. The Balaban J connectivity index is 1.57. The number of carboxylic acids is 1. The molecule has 2 N–H and O–H groups in total. The van der Waals surface area contributed by atoms with Crippen molar-refractivity contribution in [3.63, 3.8) is 0 Å². The molecule has 2 unspecified atom stereocenters. The zero-order valence-electron chi connectivity index (χ0n) is 15.0. The van der Waals surface area contributed by atoms with E-state index in [0.29, 0.717) is 17.1 Å². The van der Waals surface area contributed by atoms with E-state index in [2.05, 4.69) is 10.3 Å². The third kappa shape index (κ3) is 4.95. The summed E-state index contributed by atoms with van der Waals surface area (Å²) in [6.45, 7) is 0. The number of carbonyl (C=O) groups is 2. The normalized spacial score (nSPS) is 18.8. The number of rotatable bonds is 6. The van der Waals surface area contributed by atoms with Gasteiger partial charge in [-0.3, -0.25) is 10.1 Å². The Labute approximate surface area is 175 Å². The standard InChI is InChI=1S/C18H19ClFN3O3S2/c1-23(18(26)22-17-21-8-15(28-17)27-9-14(24)25)11-6-5-10(7-11)12-3-2-4-13(19)16(12)20/h2-4,8,10-11H,5-7,9H2,1H3,(H,24,25)(H,21,22,26). The van der Waals surface area contributed by atoms with Gasteiger partial charge in [0.25, 0.3) is 0 Å². The molecule has 0 radical (unpaired) electrons. The van der Waals surface area contributed by atoms with Crippen LogP contribution in [-0.4, -0.2) is 45.8 Å². The molecule has 1 heterocycles. The molecule has 3 rings (SSSR count). The summed E-state index contributed by atoms with van der Waals surface area (Å²) in [5.74, 6) is -1.32. The molecule has 1 saturated carbocycles. The topological polar surface area (TPSA) is 82.5 Å². The van der Waals surface area contributed by atoms with E-state index in [9.17, 15) is 14.0 Å². The molecule has 1 aliphatic rings. The molecule has 150 valence electrons. The first-order chi connectivity index (χ1) is 13.3. The number of aliphatic carboxylic acids is 1. The highest BCUT2D eigenvalue weighted by Gasteiger charge is 2.32. The minimum atomic E-state index is -0.907. The molecular weight excluding hydrogens is 425 g/mol. The molecule has 1 aliphatic carbocycles. The Kier molecular flexibility index (Phi) is 6.79. The molecule has 1 aromatic carbocycles. The average molecular weight is 444 g/mol. The lowest BCUT2D eigenvalue weighted by molar-refractivity contribution is -0.133. The van der Waals surface area contributed by atoms with Crippen molar-refractivity contribution in [2.45, 2.75) is 35.4 Å². The number of halogens is 2. The number of hydrogen-bond donors (Lipinski definition) is 2. The van der Waals surface area contributed by atoms with Gasteiger partial charge in [-0.15, -0.1) is 11.8 Å². The van der Waals surface area contributed by atoms with Gasteiger partial charge >= 0.3 is 12.0 Å². The van der Waals surface area contributed by atoms with Gasteiger partial charge < -0.3 is 10.0 Å². The SMILES string of the molecule is CN(C(=O)Nc1ncc(SCC(=O)O)s1)C1CCC(c2cccc(Cl)c2F)C1. The number of urea groups is 1. The Morgan fingerprint density at radius 3 is 3.00 bits per heavy atom. The number of nitrogens with one attached hydrogen (secondary N) is 1. The van der Waals surface area contributed by atoms with Crippen molar-refractivity contribution in [3.8, 4) is 0 Å². The van der Waals surface area contributed by atoms with Crippen LogP contribution in [0.15, 0.2) is 28.6 Å². The first-order valence-corrected chi connectivity index (χ1v) is 10.8. The third-order valence-electron chi connectivity index (χ3n) is 4.73. The van der Waals surface area contributed by atoms with Crippen LogP contribution in [0.25, 0.3) is 0 Å². The predicted molar refractivity (Wildman–Crippen MR) is 109 cm³/mol. The fourth-order valence-electron chi connectivity index (χ4n) is 3.29. The number of anilines is 1. The van der Waals surface area contributed by atoms with Crippen LogP contribution in [0.2, 0.25) is 5.02 Å².